The van der Waals surface area contributed by atoms with Crippen molar-refractivity contribution in [2.45, 2.75) is 6.92 Å². The number of hydrogen-bond donors (Lipinski definition) is 0. The van der Waals surface area contributed by atoms with Gasteiger partial charge in [0.1, 0.15) is 6.61 Å². The first-order valence-electron chi connectivity index (χ1n) is 3.56. The zero-order chi connectivity index (χ0) is 7.68. The molecule has 0 aliphatic heterocycles. The fourth-order valence-corrected chi connectivity index (χ4v) is 1.04. The van der Waals surface area contributed by atoms with E-state index < -0.39 is 0 Å². The monoisotopic (exact) mass is 151 g/mol. The van der Waals surface area contributed by atoms with Crippen LogP contribution in [0.2, 0.25) is 0 Å². The van der Waals surface area contributed by atoms with E-state index in [0.717, 1.165) is 5.65 Å². The molecule has 2 heterocycles. The van der Waals surface area contributed by atoms with E-state index in [1.54, 1.807) is 15.6 Å². The van der Waals surface area contributed by atoms with E-state index in [1.807, 2.05) is 25.3 Å². The van der Waals surface area contributed by atoms with Crippen molar-refractivity contribution in [1.82, 2.24) is 14.3 Å². The minimum atomic E-state index is 0.650. The first-order valence-corrected chi connectivity index (χ1v) is 3.56. The number of rotatable bonds is 2. The molecule has 58 valence electrons. The van der Waals surface area contributed by atoms with Crippen molar-refractivity contribution >= 4 is 5.65 Å². The molecule has 0 unspecified atom stereocenters. The minimum Gasteiger partial charge on any atom is -0.411 e. The smallest absolute Gasteiger partial charge is 0.171 e. The molecule has 0 aliphatic carbocycles. The Bertz CT molecular complexity index is 349. The molecular weight excluding hydrogens is 142 g/mol. The molecule has 2 rings (SSSR count). The predicted molar refractivity (Wildman–Crippen MR) is 40.3 cm³/mol. The Balaban J connectivity index is 2.51. The van der Waals surface area contributed by atoms with E-state index >= 15 is 0 Å². The van der Waals surface area contributed by atoms with Gasteiger partial charge in [0.15, 0.2) is 12.0 Å². The van der Waals surface area contributed by atoms with E-state index in [-0.39, 0.29) is 0 Å². The Morgan fingerprint density at radius 1 is 1.64 bits per heavy atom. The third-order valence-electron chi connectivity index (χ3n) is 1.48. The summed E-state index contributed by atoms with van der Waals surface area (Å²) in [5, 5.41) is 4.05. The van der Waals surface area contributed by atoms with E-state index in [4.69, 9.17) is 4.84 Å². The van der Waals surface area contributed by atoms with Gasteiger partial charge in [0.05, 0.1) is 0 Å². The van der Waals surface area contributed by atoms with E-state index in [2.05, 4.69) is 5.10 Å². The van der Waals surface area contributed by atoms with Gasteiger partial charge >= 0.3 is 0 Å². The quantitative estimate of drug-likeness (QED) is 0.628. The predicted octanol–water partition coefficient (Wildman–Crippen LogP) is 0.584. The van der Waals surface area contributed by atoms with Crippen molar-refractivity contribution < 1.29 is 4.84 Å². The summed E-state index contributed by atoms with van der Waals surface area (Å²) < 4.78 is 3.41. The summed E-state index contributed by atoms with van der Waals surface area (Å²) in [5.41, 5.74) is 0.951. The van der Waals surface area contributed by atoms with Crippen LogP contribution in [-0.4, -0.2) is 21.0 Å². The summed E-state index contributed by atoms with van der Waals surface area (Å²) >= 11 is 0. The second kappa shape index (κ2) is 2.30. The number of hydrogen-bond acceptors (Lipinski definition) is 2. The van der Waals surface area contributed by atoms with Gasteiger partial charge in [-0.05, 0) is 19.1 Å². The van der Waals surface area contributed by atoms with Crippen molar-refractivity contribution in [3.63, 3.8) is 0 Å². The molecule has 0 aliphatic rings. The number of fused-ring (bicyclic) bond motifs is 1. The summed E-state index contributed by atoms with van der Waals surface area (Å²) in [6.07, 6.45) is 3.53. The summed E-state index contributed by atoms with van der Waals surface area (Å²) in [4.78, 5) is 5.25. The Morgan fingerprint density at radius 3 is 3.36 bits per heavy atom. The highest BCUT2D eigenvalue weighted by Crippen LogP contribution is 2.00. The highest BCUT2D eigenvalue weighted by molar-refractivity contribution is 5.37. The molecule has 0 amide bonds. The standard InChI is InChI=1S/C7H9N3O/c1-2-11-10-6-8-9-5-3-4-7(9)10/h3-6H,2H2,1H3. The van der Waals surface area contributed by atoms with Gasteiger partial charge in [0.25, 0.3) is 0 Å². The molecule has 4 heteroatoms. The fourth-order valence-electron chi connectivity index (χ4n) is 1.04. The maximum atomic E-state index is 5.25. The van der Waals surface area contributed by atoms with Crippen LogP contribution in [0, 0.1) is 0 Å². The third-order valence-corrected chi connectivity index (χ3v) is 1.48. The van der Waals surface area contributed by atoms with E-state index in [0.29, 0.717) is 6.61 Å². The van der Waals surface area contributed by atoms with Gasteiger partial charge in [0.2, 0.25) is 0 Å². The molecule has 0 bridgehead atoms. The van der Waals surface area contributed by atoms with Crippen LogP contribution in [0.25, 0.3) is 5.65 Å². The summed E-state index contributed by atoms with van der Waals surface area (Å²) in [7, 11) is 0. The molecule has 0 atom stereocenters. The highest BCUT2D eigenvalue weighted by Gasteiger charge is 1.98. The molecule has 0 radical (unpaired) electrons. The molecule has 0 N–H and O–H groups in total. The van der Waals surface area contributed by atoms with Gasteiger partial charge in [-0.15, -0.1) is 0 Å². The van der Waals surface area contributed by atoms with Crippen LogP contribution >= 0.6 is 0 Å². The van der Waals surface area contributed by atoms with Crippen LogP contribution in [0.1, 0.15) is 6.92 Å². The van der Waals surface area contributed by atoms with Crippen LogP contribution in [0.4, 0.5) is 0 Å². The normalized spacial score (nSPS) is 10.6. The Hall–Kier alpha value is -1.45. The second-order valence-corrected chi connectivity index (χ2v) is 2.19. The molecular formula is C7H9N3O. The molecule has 11 heavy (non-hydrogen) atoms. The van der Waals surface area contributed by atoms with E-state index in [9.17, 15) is 0 Å². The fraction of sp³-hybridized carbons (Fsp3) is 0.286. The van der Waals surface area contributed by atoms with Gasteiger partial charge in [-0.25, -0.2) is 4.52 Å². The molecule has 0 spiro atoms. The van der Waals surface area contributed by atoms with Gasteiger partial charge in [-0.2, -0.15) is 9.83 Å². The van der Waals surface area contributed by atoms with Crippen LogP contribution in [0.15, 0.2) is 24.7 Å². The molecule has 2 aromatic heterocycles. The second-order valence-electron chi connectivity index (χ2n) is 2.19. The molecule has 4 nitrogen and oxygen atoms in total. The van der Waals surface area contributed by atoms with Crippen molar-refractivity contribution in [1.29, 1.82) is 0 Å². The maximum absolute atomic E-state index is 5.25. The van der Waals surface area contributed by atoms with Crippen LogP contribution in [-0.2, 0) is 0 Å². The topological polar surface area (TPSA) is 31.5 Å². The van der Waals surface area contributed by atoms with Crippen molar-refractivity contribution in [2.75, 3.05) is 6.61 Å². The van der Waals surface area contributed by atoms with Crippen molar-refractivity contribution in [3.05, 3.63) is 24.7 Å². The lowest BCUT2D eigenvalue weighted by Crippen LogP contribution is -2.08. The molecule has 0 aromatic carbocycles. The molecule has 0 saturated carbocycles. The largest absolute Gasteiger partial charge is 0.411 e. The average molecular weight is 151 g/mol. The lowest BCUT2D eigenvalue weighted by atomic mass is 10.6. The summed E-state index contributed by atoms with van der Waals surface area (Å²) in [6, 6.07) is 3.88. The Morgan fingerprint density at radius 2 is 2.55 bits per heavy atom. The molecule has 0 fully saturated rings. The zero-order valence-corrected chi connectivity index (χ0v) is 6.27. The van der Waals surface area contributed by atoms with Crippen molar-refractivity contribution in [3.8, 4) is 0 Å². The average Bonchev–Trinajstić information content (AvgIpc) is 2.53. The third kappa shape index (κ3) is 0.869. The van der Waals surface area contributed by atoms with Crippen molar-refractivity contribution in [2.24, 2.45) is 0 Å². The van der Waals surface area contributed by atoms with Gasteiger partial charge in [-0.3, -0.25) is 0 Å². The Kier molecular flexibility index (Phi) is 1.31. The maximum Gasteiger partial charge on any atom is 0.171 e. The highest BCUT2D eigenvalue weighted by atomic mass is 16.7. The van der Waals surface area contributed by atoms with E-state index in [1.165, 1.54) is 0 Å². The van der Waals surface area contributed by atoms with Crippen LogP contribution in [0.5, 0.6) is 0 Å². The van der Waals surface area contributed by atoms with Crippen LogP contribution in [0.3, 0.4) is 0 Å². The first-order chi connectivity index (χ1) is 5.42. The van der Waals surface area contributed by atoms with Gasteiger partial charge in [-0.1, -0.05) is 0 Å². The van der Waals surface area contributed by atoms with Crippen LogP contribution < -0.4 is 4.84 Å². The van der Waals surface area contributed by atoms with Gasteiger partial charge < -0.3 is 4.84 Å². The number of aromatic nitrogens is 3. The Labute approximate surface area is 64.0 Å². The summed E-state index contributed by atoms with van der Waals surface area (Å²) in [6.45, 7) is 2.59. The molecule has 0 saturated heterocycles. The lowest BCUT2D eigenvalue weighted by Gasteiger charge is -2.00. The lowest BCUT2D eigenvalue weighted by molar-refractivity contribution is 0.130. The minimum absolute atomic E-state index is 0.650. The zero-order valence-electron chi connectivity index (χ0n) is 6.27. The van der Waals surface area contributed by atoms with Gasteiger partial charge in [0, 0.05) is 6.20 Å². The molecule has 2 aromatic rings. The first kappa shape index (κ1) is 6.27. The number of nitrogens with zero attached hydrogens (tertiary/aromatic N) is 3. The SMILES string of the molecule is CCOn1cnn2cccc12. The summed E-state index contributed by atoms with van der Waals surface area (Å²) in [5.74, 6) is 0.